The van der Waals surface area contributed by atoms with E-state index in [0.717, 1.165) is 6.07 Å². The maximum Gasteiger partial charge on any atom is 0.511 e. The summed E-state index contributed by atoms with van der Waals surface area (Å²) in [5, 5.41) is 3.72. The summed E-state index contributed by atoms with van der Waals surface area (Å²) < 4.78 is 38.5. The van der Waals surface area contributed by atoms with E-state index in [2.05, 4.69) is 5.10 Å². The first-order chi connectivity index (χ1) is 6.09. The van der Waals surface area contributed by atoms with Crippen LogP contribution >= 0.6 is 0 Å². The lowest BCUT2D eigenvalue weighted by atomic mass is 9.80. The van der Waals surface area contributed by atoms with E-state index in [4.69, 9.17) is 0 Å². The number of aromatic nitrogens is 2. The van der Waals surface area contributed by atoms with Crippen molar-refractivity contribution in [2.75, 3.05) is 0 Å². The molecule has 0 fully saturated rings. The largest absolute Gasteiger partial charge is 0.511 e. The molecule has 2 rings (SSSR count). The van der Waals surface area contributed by atoms with E-state index in [0.29, 0.717) is 0 Å². The van der Waals surface area contributed by atoms with Gasteiger partial charge in [-0.15, -0.1) is 0 Å². The van der Waals surface area contributed by atoms with Crippen LogP contribution in [0.15, 0.2) is 30.6 Å². The highest BCUT2D eigenvalue weighted by atomic mass is 19.4. The van der Waals surface area contributed by atoms with Gasteiger partial charge in [0.05, 0.1) is 0 Å². The van der Waals surface area contributed by atoms with Crippen LogP contribution in [0.4, 0.5) is 12.9 Å². The molecule has 0 saturated heterocycles. The molecule has 0 aliphatic rings. The van der Waals surface area contributed by atoms with E-state index in [1.165, 1.54) is 29.0 Å². The summed E-state index contributed by atoms with van der Waals surface area (Å²) in [6.45, 7) is -4.95. The maximum absolute atomic E-state index is 12.4. The predicted octanol–water partition coefficient (Wildman–Crippen LogP) is 1.39. The Morgan fingerprint density at radius 2 is 2.00 bits per heavy atom. The Morgan fingerprint density at radius 3 is 2.69 bits per heavy atom. The first-order valence-corrected chi connectivity index (χ1v) is 3.71. The molecule has 0 aliphatic heterocycles. The van der Waals surface area contributed by atoms with Crippen molar-refractivity contribution in [1.29, 1.82) is 0 Å². The van der Waals surface area contributed by atoms with E-state index in [9.17, 15) is 12.9 Å². The summed E-state index contributed by atoms with van der Waals surface area (Å²) in [4.78, 5) is 0. The lowest BCUT2D eigenvalue weighted by Gasteiger charge is -2.15. The lowest BCUT2D eigenvalue weighted by molar-refractivity contribution is 0.501. The highest BCUT2D eigenvalue weighted by Gasteiger charge is 2.27. The molecule has 0 N–H and O–H groups in total. The molecule has 2 aromatic rings. The molecule has 68 valence electrons. The average Bonchev–Trinajstić information content (AvgIpc) is 2.48. The molecule has 13 heavy (non-hydrogen) atoms. The van der Waals surface area contributed by atoms with Gasteiger partial charge in [0.15, 0.2) is 0 Å². The SMILES string of the molecule is F[B-](F)(F)c1cccn2nccc12. The zero-order valence-corrected chi connectivity index (χ0v) is 6.49. The van der Waals surface area contributed by atoms with Crippen LogP contribution < -0.4 is 5.46 Å². The van der Waals surface area contributed by atoms with Crippen molar-refractivity contribution in [2.45, 2.75) is 0 Å². The van der Waals surface area contributed by atoms with Crippen molar-refractivity contribution in [3.8, 4) is 0 Å². The average molecular weight is 185 g/mol. The minimum atomic E-state index is -4.95. The lowest BCUT2D eigenvalue weighted by Crippen LogP contribution is -2.35. The summed E-state index contributed by atoms with van der Waals surface area (Å²) in [6.07, 6.45) is 2.83. The predicted molar refractivity (Wildman–Crippen MR) is 43.9 cm³/mol. The van der Waals surface area contributed by atoms with Gasteiger partial charge in [0, 0.05) is 17.9 Å². The molecule has 0 unspecified atom stereocenters. The first kappa shape index (κ1) is 8.16. The van der Waals surface area contributed by atoms with E-state index >= 15 is 0 Å². The summed E-state index contributed by atoms with van der Waals surface area (Å²) in [6, 6.07) is 3.76. The summed E-state index contributed by atoms with van der Waals surface area (Å²) >= 11 is 0. The van der Waals surface area contributed by atoms with Gasteiger partial charge in [0.25, 0.3) is 0 Å². The minimum absolute atomic E-state index is 0.106. The monoisotopic (exact) mass is 185 g/mol. The number of hydrogen-bond acceptors (Lipinski definition) is 1. The second-order valence-electron chi connectivity index (χ2n) is 2.70. The second kappa shape index (κ2) is 2.51. The van der Waals surface area contributed by atoms with Crippen LogP contribution in [0.2, 0.25) is 0 Å². The number of pyridine rings is 1. The Balaban J connectivity index is 2.75. The van der Waals surface area contributed by atoms with Crippen molar-refractivity contribution in [3.63, 3.8) is 0 Å². The quantitative estimate of drug-likeness (QED) is 0.613. The van der Waals surface area contributed by atoms with Crippen LogP contribution in [-0.2, 0) is 0 Å². The van der Waals surface area contributed by atoms with Crippen molar-refractivity contribution in [1.82, 2.24) is 9.61 Å². The molecule has 0 aromatic carbocycles. The Labute approximate surface area is 72.0 Å². The van der Waals surface area contributed by atoms with E-state index in [1.807, 2.05) is 0 Å². The smallest absolute Gasteiger partial charge is 0.445 e. The van der Waals surface area contributed by atoms with Gasteiger partial charge in [-0.1, -0.05) is 11.5 Å². The number of fused-ring (bicyclic) bond motifs is 1. The van der Waals surface area contributed by atoms with E-state index in [1.54, 1.807) is 0 Å². The van der Waals surface area contributed by atoms with Crippen LogP contribution in [0.5, 0.6) is 0 Å². The topological polar surface area (TPSA) is 17.3 Å². The third-order valence-electron chi connectivity index (χ3n) is 1.82. The summed E-state index contributed by atoms with van der Waals surface area (Å²) in [7, 11) is 0. The van der Waals surface area contributed by atoms with Crippen molar-refractivity contribution >= 4 is 18.0 Å². The molecule has 0 amide bonds. The van der Waals surface area contributed by atoms with Crippen LogP contribution in [0, 0.1) is 0 Å². The Hall–Kier alpha value is -1.46. The molecule has 0 bridgehead atoms. The Bertz CT molecular complexity index is 434. The fraction of sp³-hybridized carbons (Fsp3) is 0. The first-order valence-electron chi connectivity index (χ1n) is 3.71. The number of halogens is 3. The third-order valence-corrected chi connectivity index (χ3v) is 1.82. The van der Waals surface area contributed by atoms with Gasteiger partial charge in [-0.2, -0.15) is 5.10 Å². The van der Waals surface area contributed by atoms with Gasteiger partial charge in [-0.05, 0) is 12.1 Å². The molecule has 2 heterocycles. The molecule has 0 aliphatic carbocycles. The van der Waals surface area contributed by atoms with Gasteiger partial charge in [-0.25, -0.2) is 4.52 Å². The zero-order valence-electron chi connectivity index (χ0n) is 6.49. The van der Waals surface area contributed by atoms with Gasteiger partial charge in [0.2, 0.25) is 0 Å². The van der Waals surface area contributed by atoms with E-state index in [-0.39, 0.29) is 5.52 Å². The molecule has 2 aromatic heterocycles. The van der Waals surface area contributed by atoms with Gasteiger partial charge in [-0.3, -0.25) is 0 Å². The van der Waals surface area contributed by atoms with Crippen molar-refractivity contribution in [3.05, 3.63) is 30.6 Å². The molecular weight excluding hydrogens is 180 g/mol. The fourth-order valence-electron chi connectivity index (χ4n) is 1.25. The van der Waals surface area contributed by atoms with Crippen LogP contribution in [0.25, 0.3) is 5.52 Å². The molecule has 0 radical (unpaired) electrons. The van der Waals surface area contributed by atoms with Gasteiger partial charge in [0.1, 0.15) is 0 Å². The Morgan fingerprint density at radius 1 is 1.23 bits per heavy atom. The number of rotatable bonds is 1. The molecule has 0 spiro atoms. The van der Waals surface area contributed by atoms with E-state index < -0.39 is 12.4 Å². The molecule has 2 nitrogen and oxygen atoms in total. The van der Waals surface area contributed by atoms with Gasteiger partial charge < -0.3 is 12.9 Å². The number of hydrogen-bond donors (Lipinski definition) is 0. The third kappa shape index (κ3) is 1.28. The summed E-state index contributed by atoms with van der Waals surface area (Å²) in [5.74, 6) is 0. The van der Waals surface area contributed by atoms with Crippen molar-refractivity contribution < 1.29 is 12.9 Å². The van der Waals surface area contributed by atoms with Crippen LogP contribution in [0.3, 0.4) is 0 Å². The zero-order chi connectivity index (χ0) is 9.47. The highest BCUT2D eigenvalue weighted by molar-refractivity contribution is 6.75. The maximum atomic E-state index is 12.4. The second-order valence-corrected chi connectivity index (χ2v) is 2.70. The van der Waals surface area contributed by atoms with Crippen molar-refractivity contribution in [2.24, 2.45) is 0 Å². The van der Waals surface area contributed by atoms with Crippen LogP contribution in [0.1, 0.15) is 0 Å². The standard InChI is InChI=1S/C7H5BF3N2/c9-8(10,11)6-2-1-5-13-7(6)3-4-12-13/h1-5H/q-1. The number of nitrogens with zero attached hydrogens (tertiary/aromatic N) is 2. The molecular formula is C7H5BF3N2-. The van der Waals surface area contributed by atoms with Gasteiger partial charge >= 0.3 is 6.98 Å². The molecule has 0 saturated carbocycles. The fourth-order valence-corrected chi connectivity index (χ4v) is 1.25. The summed E-state index contributed by atoms with van der Waals surface area (Å²) in [5.41, 5.74) is -0.491. The molecule has 6 heteroatoms. The minimum Gasteiger partial charge on any atom is -0.445 e. The normalized spacial score (nSPS) is 12.2. The van der Waals surface area contributed by atoms with Crippen LogP contribution in [-0.4, -0.2) is 16.6 Å². The molecule has 0 atom stereocenters. The highest BCUT2D eigenvalue weighted by Crippen LogP contribution is 2.12. The Kier molecular flexibility index (Phi) is 1.58.